The first kappa shape index (κ1) is 17.9. The van der Waals surface area contributed by atoms with E-state index < -0.39 is 6.10 Å². The molecule has 1 fully saturated rings. The maximum atomic E-state index is 9.86. The summed E-state index contributed by atoms with van der Waals surface area (Å²) in [5.41, 5.74) is 0.0160. The maximum absolute atomic E-state index is 9.86. The van der Waals surface area contributed by atoms with Crippen molar-refractivity contribution in [1.82, 2.24) is 5.32 Å². The van der Waals surface area contributed by atoms with Gasteiger partial charge < -0.3 is 25.0 Å². The van der Waals surface area contributed by atoms with Crippen LogP contribution in [-0.2, 0) is 9.47 Å². The summed E-state index contributed by atoms with van der Waals surface area (Å²) in [5.74, 6) is 0. The molecular weight excluding hydrogens is 258 g/mol. The van der Waals surface area contributed by atoms with Crippen LogP contribution in [0.25, 0.3) is 0 Å². The molecule has 1 rings (SSSR count). The Morgan fingerprint density at radius 2 is 1.90 bits per heavy atom. The second-order valence-corrected chi connectivity index (χ2v) is 6.10. The Morgan fingerprint density at radius 3 is 2.50 bits per heavy atom. The average Bonchev–Trinajstić information content (AvgIpc) is 2.46. The van der Waals surface area contributed by atoms with E-state index in [4.69, 9.17) is 9.47 Å². The van der Waals surface area contributed by atoms with Gasteiger partial charge in [0.25, 0.3) is 0 Å². The average molecular weight is 289 g/mol. The largest absolute Gasteiger partial charge is 0.396 e. The number of rotatable bonds is 10. The molecule has 1 aliphatic rings. The van der Waals surface area contributed by atoms with Crippen LogP contribution in [0.4, 0.5) is 0 Å². The van der Waals surface area contributed by atoms with E-state index in [2.05, 4.69) is 5.32 Å². The van der Waals surface area contributed by atoms with Crippen LogP contribution in [0.5, 0.6) is 0 Å². The van der Waals surface area contributed by atoms with Crippen LogP contribution in [0, 0.1) is 5.41 Å². The Morgan fingerprint density at radius 1 is 1.20 bits per heavy atom. The van der Waals surface area contributed by atoms with Gasteiger partial charge >= 0.3 is 0 Å². The first-order chi connectivity index (χ1) is 9.62. The summed E-state index contributed by atoms with van der Waals surface area (Å²) in [5, 5.41) is 22.7. The van der Waals surface area contributed by atoms with E-state index in [9.17, 15) is 10.2 Å². The number of aliphatic hydroxyl groups excluding tert-OH is 2. The number of aliphatic hydroxyl groups is 2. The molecular formula is C15H31NO4. The number of methoxy groups -OCH3 is 1. The van der Waals surface area contributed by atoms with E-state index in [1.807, 2.05) is 6.92 Å². The van der Waals surface area contributed by atoms with Gasteiger partial charge in [0.1, 0.15) is 0 Å². The van der Waals surface area contributed by atoms with Crippen molar-refractivity contribution < 1.29 is 19.7 Å². The number of hydrogen-bond donors (Lipinski definition) is 3. The number of ether oxygens (including phenoxy) is 2. The highest BCUT2D eigenvalue weighted by Gasteiger charge is 2.30. The van der Waals surface area contributed by atoms with Gasteiger partial charge in [-0.05, 0) is 19.8 Å². The van der Waals surface area contributed by atoms with Gasteiger partial charge in [0.2, 0.25) is 0 Å². The minimum absolute atomic E-state index is 0.00298. The molecule has 0 saturated heterocycles. The third-order valence-electron chi connectivity index (χ3n) is 4.10. The molecule has 0 aromatic heterocycles. The van der Waals surface area contributed by atoms with Gasteiger partial charge in [-0.15, -0.1) is 0 Å². The van der Waals surface area contributed by atoms with E-state index in [1.54, 1.807) is 7.11 Å². The molecule has 0 bridgehead atoms. The lowest BCUT2D eigenvalue weighted by Crippen LogP contribution is -2.42. The molecule has 120 valence electrons. The Balaban J connectivity index is 2.15. The van der Waals surface area contributed by atoms with Crippen molar-refractivity contribution >= 4 is 0 Å². The fourth-order valence-corrected chi connectivity index (χ4v) is 2.81. The van der Waals surface area contributed by atoms with Crippen LogP contribution in [0.3, 0.4) is 0 Å². The number of hydrogen-bond acceptors (Lipinski definition) is 5. The smallest absolute Gasteiger partial charge is 0.0897 e. The van der Waals surface area contributed by atoms with Gasteiger partial charge in [0.15, 0.2) is 0 Å². The first-order valence-corrected chi connectivity index (χ1v) is 7.72. The van der Waals surface area contributed by atoms with Crippen molar-refractivity contribution in [2.75, 3.05) is 40.0 Å². The molecule has 3 N–H and O–H groups in total. The van der Waals surface area contributed by atoms with Crippen LogP contribution < -0.4 is 5.32 Å². The second-order valence-electron chi connectivity index (χ2n) is 6.10. The lowest BCUT2D eigenvalue weighted by atomic mass is 9.74. The summed E-state index contributed by atoms with van der Waals surface area (Å²) in [6, 6.07) is 0. The molecule has 5 nitrogen and oxygen atoms in total. The predicted molar refractivity (Wildman–Crippen MR) is 78.8 cm³/mol. The SMILES string of the molecule is COCC(C)OCC(O)CNCC1(CO)CCCCC1. The second kappa shape index (κ2) is 9.68. The lowest BCUT2D eigenvalue weighted by Gasteiger charge is -2.36. The molecule has 0 radical (unpaired) electrons. The summed E-state index contributed by atoms with van der Waals surface area (Å²) in [6.07, 6.45) is 5.30. The van der Waals surface area contributed by atoms with Crippen molar-refractivity contribution in [1.29, 1.82) is 0 Å². The molecule has 2 unspecified atom stereocenters. The fourth-order valence-electron chi connectivity index (χ4n) is 2.81. The molecule has 5 heteroatoms. The minimum Gasteiger partial charge on any atom is -0.396 e. The van der Waals surface area contributed by atoms with Crippen LogP contribution in [0.15, 0.2) is 0 Å². The highest BCUT2D eigenvalue weighted by molar-refractivity contribution is 4.84. The molecule has 1 aliphatic carbocycles. The zero-order valence-corrected chi connectivity index (χ0v) is 12.9. The monoisotopic (exact) mass is 289 g/mol. The Labute approximate surface area is 122 Å². The quantitative estimate of drug-likeness (QED) is 0.558. The maximum Gasteiger partial charge on any atom is 0.0897 e. The molecule has 0 aliphatic heterocycles. The van der Waals surface area contributed by atoms with E-state index >= 15 is 0 Å². The van der Waals surface area contributed by atoms with Crippen molar-refractivity contribution in [3.05, 3.63) is 0 Å². The molecule has 1 saturated carbocycles. The molecule has 0 aromatic carbocycles. The number of nitrogens with one attached hydrogen (secondary N) is 1. The van der Waals surface area contributed by atoms with Gasteiger partial charge in [0.05, 0.1) is 25.4 Å². The van der Waals surface area contributed by atoms with E-state index in [0.29, 0.717) is 19.8 Å². The highest BCUT2D eigenvalue weighted by Crippen LogP contribution is 2.35. The Bertz CT molecular complexity index is 244. The zero-order valence-electron chi connectivity index (χ0n) is 12.9. The third kappa shape index (κ3) is 6.50. The summed E-state index contributed by atoms with van der Waals surface area (Å²) in [4.78, 5) is 0. The molecule has 2 atom stereocenters. The van der Waals surface area contributed by atoms with E-state index in [0.717, 1.165) is 19.4 Å². The van der Waals surface area contributed by atoms with Crippen LogP contribution in [0.2, 0.25) is 0 Å². The fraction of sp³-hybridized carbons (Fsp3) is 1.00. The van der Waals surface area contributed by atoms with Gasteiger partial charge in [-0.25, -0.2) is 0 Å². The summed E-state index contributed by atoms with van der Waals surface area (Å²) in [6.45, 7) is 4.27. The Hall–Kier alpha value is -0.200. The molecule has 0 aromatic rings. The summed E-state index contributed by atoms with van der Waals surface area (Å²) >= 11 is 0. The Kier molecular flexibility index (Phi) is 8.64. The standard InChI is InChI=1S/C15H31NO4/c1-13(9-19-2)20-10-14(18)8-16-11-15(12-17)6-4-3-5-7-15/h13-14,16-18H,3-12H2,1-2H3. The molecule has 20 heavy (non-hydrogen) atoms. The van der Waals surface area contributed by atoms with E-state index in [1.165, 1.54) is 19.3 Å². The molecule has 0 spiro atoms. The van der Waals surface area contributed by atoms with Crippen LogP contribution in [-0.4, -0.2) is 62.4 Å². The van der Waals surface area contributed by atoms with Gasteiger partial charge in [-0.1, -0.05) is 19.3 Å². The first-order valence-electron chi connectivity index (χ1n) is 7.72. The molecule has 0 amide bonds. The van der Waals surface area contributed by atoms with Crippen molar-refractivity contribution in [2.24, 2.45) is 5.41 Å². The minimum atomic E-state index is -0.520. The van der Waals surface area contributed by atoms with Crippen molar-refractivity contribution in [2.45, 2.75) is 51.2 Å². The van der Waals surface area contributed by atoms with Gasteiger partial charge in [-0.3, -0.25) is 0 Å². The zero-order chi connectivity index (χ0) is 14.8. The van der Waals surface area contributed by atoms with Crippen molar-refractivity contribution in [3.8, 4) is 0 Å². The van der Waals surface area contributed by atoms with E-state index in [-0.39, 0.29) is 18.1 Å². The van der Waals surface area contributed by atoms with Crippen molar-refractivity contribution in [3.63, 3.8) is 0 Å². The predicted octanol–water partition coefficient (Wildman–Crippen LogP) is 0.931. The molecule has 0 heterocycles. The summed E-state index contributed by atoms with van der Waals surface area (Å²) < 4.78 is 10.4. The van der Waals surface area contributed by atoms with Crippen LogP contribution in [0.1, 0.15) is 39.0 Å². The third-order valence-corrected chi connectivity index (χ3v) is 4.10. The lowest BCUT2D eigenvalue weighted by molar-refractivity contribution is -0.0321. The normalized spacial score (nSPS) is 21.6. The van der Waals surface area contributed by atoms with Gasteiger partial charge in [0, 0.05) is 32.2 Å². The van der Waals surface area contributed by atoms with Crippen LogP contribution >= 0.6 is 0 Å². The summed E-state index contributed by atoms with van der Waals surface area (Å²) in [7, 11) is 1.64. The highest BCUT2D eigenvalue weighted by atomic mass is 16.5. The van der Waals surface area contributed by atoms with Gasteiger partial charge in [-0.2, -0.15) is 0 Å². The topological polar surface area (TPSA) is 71.0 Å².